The Morgan fingerprint density at radius 1 is 1.12 bits per heavy atom. The molecular weight excluding hydrogens is 324 g/mol. The van der Waals surface area contributed by atoms with Crippen LogP contribution in [0.5, 0.6) is 0 Å². The number of hydrogen-bond donors (Lipinski definition) is 0. The van der Waals surface area contributed by atoms with E-state index >= 15 is 0 Å². The minimum Gasteiger partial charge on any atom is -0.337 e. The number of sulfonamides is 1. The van der Waals surface area contributed by atoms with E-state index in [9.17, 15) is 13.2 Å². The molecule has 1 aliphatic heterocycles. The van der Waals surface area contributed by atoms with Crippen molar-refractivity contribution >= 4 is 15.9 Å². The van der Waals surface area contributed by atoms with Crippen LogP contribution in [0.2, 0.25) is 0 Å². The number of aryl methyl sites for hydroxylation is 2. The number of carbonyl (C=O) groups is 1. The van der Waals surface area contributed by atoms with Gasteiger partial charge in [0, 0.05) is 31.7 Å². The molecule has 0 atom stereocenters. The molecule has 1 saturated heterocycles. The highest BCUT2D eigenvalue weighted by atomic mass is 32.2. The van der Waals surface area contributed by atoms with Crippen molar-refractivity contribution in [1.82, 2.24) is 9.21 Å². The SMILES string of the molecule is CCCCS(=O)(=O)N1CCCN(C(=O)c2ccc(C)cc2C)CC1. The molecule has 0 bridgehead atoms. The molecule has 6 heteroatoms. The van der Waals surface area contributed by atoms with Crippen molar-refractivity contribution in [3.8, 4) is 0 Å². The molecule has 1 aromatic carbocycles. The molecule has 24 heavy (non-hydrogen) atoms. The van der Waals surface area contributed by atoms with Gasteiger partial charge >= 0.3 is 0 Å². The molecule has 0 radical (unpaired) electrons. The first-order valence-electron chi connectivity index (χ1n) is 8.69. The summed E-state index contributed by atoms with van der Waals surface area (Å²) in [6.07, 6.45) is 2.23. The molecule has 0 aromatic heterocycles. The summed E-state index contributed by atoms with van der Waals surface area (Å²) in [7, 11) is -3.20. The summed E-state index contributed by atoms with van der Waals surface area (Å²) in [5.41, 5.74) is 2.81. The Kier molecular flexibility index (Phi) is 6.40. The minimum absolute atomic E-state index is 0.000283. The molecule has 134 valence electrons. The Labute approximate surface area is 145 Å². The molecule has 0 N–H and O–H groups in total. The maximum Gasteiger partial charge on any atom is 0.254 e. The van der Waals surface area contributed by atoms with E-state index in [2.05, 4.69) is 0 Å². The predicted molar refractivity (Wildman–Crippen MR) is 96.7 cm³/mol. The number of hydrogen-bond acceptors (Lipinski definition) is 3. The lowest BCUT2D eigenvalue weighted by atomic mass is 10.0. The van der Waals surface area contributed by atoms with Crippen LogP contribution in [0.15, 0.2) is 18.2 Å². The number of carbonyl (C=O) groups excluding carboxylic acids is 1. The molecule has 5 nitrogen and oxygen atoms in total. The van der Waals surface area contributed by atoms with Crippen LogP contribution in [0.3, 0.4) is 0 Å². The highest BCUT2D eigenvalue weighted by Gasteiger charge is 2.27. The quantitative estimate of drug-likeness (QED) is 0.818. The Balaban J connectivity index is 2.06. The first-order valence-corrected chi connectivity index (χ1v) is 10.3. The van der Waals surface area contributed by atoms with Crippen LogP contribution >= 0.6 is 0 Å². The standard InChI is InChI=1S/C18H28N2O3S/c1-4-5-13-24(22,23)20-10-6-9-19(11-12-20)18(21)17-8-7-15(2)14-16(17)3/h7-8,14H,4-6,9-13H2,1-3H3. The summed E-state index contributed by atoms with van der Waals surface area (Å²) in [6, 6.07) is 5.82. The van der Waals surface area contributed by atoms with Gasteiger partial charge in [0.25, 0.3) is 5.91 Å². The predicted octanol–water partition coefficient (Wildman–Crippen LogP) is 2.58. The van der Waals surface area contributed by atoms with Gasteiger partial charge in [0.15, 0.2) is 0 Å². The zero-order valence-corrected chi connectivity index (χ0v) is 15.7. The van der Waals surface area contributed by atoms with Crippen molar-refractivity contribution in [1.29, 1.82) is 0 Å². The van der Waals surface area contributed by atoms with E-state index in [-0.39, 0.29) is 11.7 Å². The first kappa shape index (κ1) is 18.9. The van der Waals surface area contributed by atoms with Crippen LogP contribution in [0.1, 0.15) is 47.7 Å². The third-order valence-electron chi connectivity index (χ3n) is 4.50. The van der Waals surface area contributed by atoms with Crippen LogP contribution in [0.25, 0.3) is 0 Å². The molecular formula is C18H28N2O3S. The van der Waals surface area contributed by atoms with Crippen molar-refractivity contribution in [3.63, 3.8) is 0 Å². The van der Waals surface area contributed by atoms with Gasteiger partial charge in [-0.25, -0.2) is 12.7 Å². The summed E-state index contributed by atoms with van der Waals surface area (Å²) >= 11 is 0. The Morgan fingerprint density at radius 2 is 1.88 bits per heavy atom. The summed E-state index contributed by atoms with van der Waals surface area (Å²) in [6.45, 7) is 7.89. The van der Waals surface area contributed by atoms with E-state index in [1.807, 2.05) is 39.0 Å². The van der Waals surface area contributed by atoms with Crippen molar-refractivity contribution in [2.45, 2.75) is 40.0 Å². The second-order valence-corrected chi connectivity index (χ2v) is 8.62. The smallest absolute Gasteiger partial charge is 0.254 e. The van der Waals surface area contributed by atoms with Crippen molar-refractivity contribution < 1.29 is 13.2 Å². The van der Waals surface area contributed by atoms with E-state index in [0.29, 0.717) is 44.6 Å². The van der Waals surface area contributed by atoms with Gasteiger partial charge in [0.1, 0.15) is 0 Å². The molecule has 0 spiro atoms. The van der Waals surface area contributed by atoms with Gasteiger partial charge in [0.05, 0.1) is 5.75 Å². The van der Waals surface area contributed by atoms with E-state index < -0.39 is 10.0 Å². The minimum atomic E-state index is -3.20. The van der Waals surface area contributed by atoms with Crippen LogP contribution < -0.4 is 0 Å². The number of amides is 1. The first-order chi connectivity index (χ1) is 11.3. The molecule has 1 aromatic rings. The Morgan fingerprint density at radius 3 is 2.54 bits per heavy atom. The topological polar surface area (TPSA) is 57.7 Å². The zero-order valence-electron chi connectivity index (χ0n) is 14.9. The fraction of sp³-hybridized carbons (Fsp3) is 0.611. The molecule has 1 fully saturated rings. The van der Waals surface area contributed by atoms with E-state index in [1.54, 1.807) is 9.21 Å². The lowest BCUT2D eigenvalue weighted by molar-refractivity contribution is 0.0763. The van der Waals surface area contributed by atoms with Crippen LogP contribution in [-0.4, -0.2) is 55.5 Å². The van der Waals surface area contributed by atoms with E-state index in [4.69, 9.17) is 0 Å². The van der Waals surface area contributed by atoms with Crippen LogP contribution in [0.4, 0.5) is 0 Å². The number of rotatable bonds is 5. The fourth-order valence-corrected chi connectivity index (χ4v) is 4.73. The molecule has 1 amide bonds. The molecule has 0 saturated carbocycles. The van der Waals surface area contributed by atoms with Gasteiger partial charge in [-0.1, -0.05) is 31.0 Å². The number of benzene rings is 1. The highest BCUT2D eigenvalue weighted by molar-refractivity contribution is 7.89. The van der Waals surface area contributed by atoms with Gasteiger partial charge < -0.3 is 4.90 Å². The molecule has 0 unspecified atom stereocenters. The molecule has 1 heterocycles. The lowest BCUT2D eigenvalue weighted by Gasteiger charge is -2.22. The molecule has 0 aliphatic carbocycles. The largest absolute Gasteiger partial charge is 0.337 e. The lowest BCUT2D eigenvalue weighted by Crippen LogP contribution is -2.38. The van der Waals surface area contributed by atoms with Gasteiger partial charge in [-0.15, -0.1) is 0 Å². The molecule has 1 aliphatic rings. The van der Waals surface area contributed by atoms with Crippen LogP contribution in [0, 0.1) is 13.8 Å². The third kappa shape index (κ3) is 4.57. The zero-order chi connectivity index (χ0) is 17.7. The summed E-state index contributed by atoms with van der Waals surface area (Å²) in [4.78, 5) is 14.6. The second-order valence-electron chi connectivity index (χ2n) is 6.53. The van der Waals surface area contributed by atoms with Crippen molar-refractivity contribution in [3.05, 3.63) is 34.9 Å². The van der Waals surface area contributed by atoms with Crippen molar-refractivity contribution in [2.24, 2.45) is 0 Å². The number of unbranched alkanes of at least 4 members (excludes halogenated alkanes) is 1. The average molecular weight is 353 g/mol. The van der Waals surface area contributed by atoms with E-state index in [1.165, 1.54) is 0 Å². The summed E-state index contributed by atoms with van der Waals surface area (Å²) < 4.78 is 26.3. The van der Waals surface area contributed by atoms with Gasteiger partial charge in [0.2, 0.25) is 10.0 Å². The maximum atomic E-state index is 12.8. The summed E-state index contributed by atoms with van der Waals surface area (Å²) in [5.74, 6) is 0.203. The van der Waals surface area contributed by atoms with Gasteiger partial charge in [-0.2, -0.15) is 0 Å². The van der Waals surface area contributed by atoms with E-state index in [0.717, 1.165) is 17.5 Å². The van der Waals surface area contributed by atoms with Crippen LogP contribution in [-0.2, 0) is 10.0 Å². The Hall–Kier alpha value is -1.40. The third-order valence-corrected chi connectivity index (χ3v) is 6.46. The van der Waals surface area contributed by atoms with Gasteiger partial charge in [-0.3, -0.25) is 4.79 Å². The average Bonchev–Trinajstić information content (AvgIpc) is 2.79. The summed E-state index contributed by atoms with van der Waals surface area (Å²) in [5, 5.41) is 0. The normalized spacial score (nSPS) is 16.9. The second kappa shape index (κ2) is 8.12. The van der Waals surface area contributed by atoms with Gasteiger partial charge in [-0.05, 0) is 38.3 Å². The van der Waals surface area contributed by atoms with Crippen molar-refractivity contribution in [2.75, 3.05) is 31.9 Å². The monoisotopic (exact) mass is 352 g/mol. The highest BCUT2D eigenvalue weighted by Crippen LogP contribution is 2.16. The Bertz CT molecular complexity index is 686. The fourth-order valence-electron chi connectivity index (χ4n) is 3.05. The molecule has 2 rings (SSSR count). The maximum absolute atomic E-state index is 12.8. The number of nitrogens with zero attached hydrogens (tertiary/aromatic N) is 2.